The molecule has 0 bridgehead atoms. The molecule has 0 N–H and O–H groups in total. The molecule has 2 aliphatic rings. The molecule has 5 rings (SSSR count). The smallest absolute Gasteiger partial charge is 0.146 e. The van der Waals surface area contributed by atoms with Crippen molar-refractivity contribution in [1.82, 2.24) is 9.55 Å². The quantitative estimate of drug-likeness (QED) is 0.396. The second-order valence-corrected chi connectivity index (χ2v) is 9.28. The number of rotatable bonds is 7. The third kappa shape index (κ3) is 4.94. The molecule has 0 aliphatic heterocycles. The Hall–Kier alpha value is -2.76. The zero-order valence-electron chi connectivity index (χ0n) is 19.0. The Morgan fingerprint density at radius 2 is 1.94 bits per heavy atom. The number of hydrogen-bond acceptors (Lipinski definition) is 3. The average molecular weight is 447 g/mol. The van der Waals surface area contributed by atoms with Gasteiger partial charge in [0.05, 0.1) is 11.8 Å². The molecule has 5 atom stereocenters. The fourth-order valence-electron chi connectivity index (χ4n) is 5.80. The Morgan fingerprint density at radius 3 is 2.70 bits per heavy atom. The highest BCUT2D eigenvalue weighted by Crippen LogP contribution is 2.52. The first-order chi connectivity index (χ1) is 16.2. The monoisotopic (exact) mass is 446 g/mol. The minimum atomic E-state index is -0.231. The number of aromatic nitrogens is 2. The SMILES string of the molecule is COCO[C@@H]1CC[C@@H]2[C@H](C1)C[C@@H](n1cccc1)[C@H]2C=Cc1ccc(-c2cccc(F)c2)cn1. The summed E-state index contributed by atoms with van der Waals surface area (Å²) < 4.78 is 27.0. The number of pyridine rings is 1. The molecule has 4 nitrogen and oxygen atoms in total. The number of nitrogens with zero attached hydrogens (tertiary/aromatic N) is 2. The van der Waals surface area contributed by atoms with Crippen molar-refractivity contribution in [3.63, 3.8) is 0 Å². The highest BCUT2D eigenvalue weighted by atomic mass is 19.1. The summed E-state index contributed by atoms with van der Waals surface area (Å²) in [5, 5.41) is 0. The van der Waals surface area contributed by atoms with Crippen molar-refractivity contribution >= 4 is 6.08 Å². The summed E-state index contributed by atoms with van der Waals surface area (Å²) in [7, 11) is 1.68. The van der Waals surface area contributed by atoms with E-state index in [-0.39, 0.29) is 5.82 Å². The van der Waals surface area contributed by atoms with Gasteiger partial charge in [-0.1, -0.05) is 24.3 Å². The van der Waals surface area contributed by atoms with Crippen molar-refractivity contribution in [1.29, 1.82) is 0 Å². The van der Waals surface area contributed by atoms with Gasteiger partial charge in [0.2, 0.25) is 0 Å². The van der Waals surface area contributed by atoms with Gasteiger partial charge in [-0.15, -0.1) is 0 Å². The lowest BCUT2D eigenvalue weighted by Crippen LogP contribution is -2.29. The van der Waals surface area contributed by atoms with Gasteiger partial charge in [-0.2, -0.15) is 0 Å². The minimum absolute atomic E-state index is 0.231. The van der Waals surface area contributed by atoms with Crippen molar-refractivity contribution in [2.75, 3.05) is 13.9 Å². The van der Waals surface area contributed by atoms with Crippen LogP contribution in [0.3, 0.4) is 0 Å². The number of hydrogen-bond donors (Lipinski definition) is 0. The molecule has 1 aromatic carbocycles. The number of fused-ring (bicyclic) bond motifs is 1. The molecule has 0 saturated heterocycles. The molecule has 0 amide bonds. The molecule has 0 radical (unpaired) electrons. The zero-order valence-corrected chi connectivity index (χ0v) is 19.0. The topological polar surface area (TPSA) is 36.3 Å². The first-order valence-corrected chi connectivity index (χ1v) is 11.8. The van der Waals surface area contributed by atoms with Crippen LogP contribution in [0.5, 0.6) is 0 Å². The maximum atomic E-state index is 13.6. The van der Waals surface area contributed by atoms with E-state index in [0.29, 0.717) is 36.7 Å². The van der Waals surface area contributed by atoms with Crippen molar-refractivity contribution < 1.29 is 13.9 Å². The van der Waals surface area contributed by atoms with E-state index in [1.54, 1.807) is 19.2 Å². The molecule has 33 heavy (non-hydrogen) atoms. The van der Waals surface area contributed by atoms with Crippen LogP contribution in [0.4, 0.5) is 4.39 Å². The normalized spacial score (nSPS) is 27.2. The van der Waals surface area contributed by atoms with E-state index >= 15 is 0 Å². The van der Waals surface area contributed by atoms with E-state index < -0.39 is 0 Å². The molecule has 2 aromatic heterocycles. The van der Waals surface area contributed by atoms with Gasteiger partial charge in [-0.3, -0.25) is 4.98 Å². The lowest BCUT2D eigenvalue weighted by atomic mass is 9.76. The molecule has 2 saturated carbocycles. The predicted octanol–water partition coefficient (Wildman–Crippen LogP) is 6.37. The van der Waals surface area contributed by atoms with E-state index in [4.69, 9.17) is 9.47 Å². The van der Waals surface area contributed by atoms with Gasteiger partial charge in [0, 0.05) is 43.2 Å². The van der Waals surface area contributed by atoms with E-state index in [2.05, 4.69) is 46.2 Å². The van der Waals surface area contributed by atoms with Crippen LogP contribution in [0, 0.1) is 23.6 Å². The minimum Gasteiger partial charge on any atom is -0.359 e. The molecular weight excluding hydrogens is 415 g/mol. The first-order valence-electron chi connectivity index (χ1n) is 11.8. The number of allylic oxidation sites excluding steroid dienone is 1. The summed E-state index contributed by atoms with van der Waals surface area (Å²) in [6, 6.07) is 15.3. The highest BCUT2D eigenvalue weighted by molar-refractivity contribution is 5.63. The predicted molar refractivity (Wildman–Crippen MR) is 128 cm³/mol. The van der Waals surface area contributed by atoms with Crippen molar-refractivity contribution in [2.24, 2.45) is 17.8 Å². The van der Waals surface area contributed by atoms with Crippen LogP contribution < -0.4 is 0 Å². The number of ether oxygens (including phenoxy) is 2. The van der Waals surface area contributed by atoms with Crippen molar-refractivity contribution in [3.05, 3.63) is 84.7 Å². The molecule has 2 fully saturated rings. The molecule has 3 aromatic rings. The maximum Gasteiger partial charge on any atom is 0.146 e. The first kappa shape index (κ1) is 22.1. The van der Waals surface area contributed by atoms with Gasteiger partial charge < -0.3 is 14.0 Å². The summed E-state index contributed by atoms with van der Waals surface area (Å²) in [5.41, 5.74) is 2.70. The number of benzene rings is 1. The van der Waals surface area contributed by atoms with Gasteiger partial charge in [0.25, 0.3) is 0 Å². The van der Waals surface area contributed by atoms with Crippen molar-refractivity contribution in [3.8, 4) is 11.1 Å². The molecule has 172 valence electrons. The Kier molecular flexibility index (Phi) is 6.70. The van der Waals surface area contributed by atoms with Crippen LogP contribution in [0.25, 0.3) is 17.2 Å². The second kappa shape index (κ2) is 10.0. The number of methoxy groups -OCH3 is 1. The van der Waals surface area contributed by atoms with E-state index in [1.165, 1.54) is 18.9 Å². The molecule has 5 heteroatoms. The molecule has 2 aliphatic carbocycles. The fraction of sp³-hybridized carbons (Fsp3) is 0.393. The van der Waals surface area contributed by atoms with Gasteiger partial charge in [0.15, 0.2) is 0 Å². The Bertz CT molecular complexity index is 1060. The average Bonchev–Trinajstić information content (AvgIpc) is 3.49. The summed E-state index contributed by atoms with van der Waals surface area (Å²) in [4.78, 5) is 4.63. The molecule has 2 heterocycles. The molecular formula is C28H31FN2O2. The third-order valence-electron chi connectivity index (χ3n) is 7.34. The van der Waals surface area contributed by atoms with Crippen LogP contribution in [0.2, 0.25) is 0 Å². The maximum absolute atomic E-state index is 13.6. The van der Waals surface area contributed by atoms with Crippen LogP contribution in [-0.2, 0) is 9.47 Å². The summed E-state index contributed by atoms with van der Waals surface area (Å²) in [5.74, 6) is 1.55. The lowest BCUT2D eigenvalue weighted by molar-refractivity contribution is -0.0930. The van der Waals surface area contributed by atoms with Crippen molar-refractivity contribution in [2.45, 2.75) is 37.8 Å². The van der Waals surface area contributed by atoms with E-state index in [0.717, 1.165) is 29.7 Å². The van der Waals surface area contributed by atoms with Crippen LogP contribution in [0.15, 0.2) is 73.2 Å². The summed E-state index contributed by atoms with van der Waals surface area (Å²) >= 11 is 0. The standard InChI is InChI=1S/C28H31FN2O2/c1-32-19-33-25-10-12-26-22(16-25)17-28(31-13-2-3-14-31)27(26)11-9-24-8-7-21(18-30-24)20-5-4-6-23(29)15-20/h2-9,11,13-15,18,22,25-28H,10,12,16-17,19H2,1H3/t22-,25-,26-,27+,28-/m1/s1. The number of halogens is 1. The van der Waals surface area contributed by atoms with E-state index in [1.807, 2.05) is 24.4 Å². The van der Waals surface area contributed by atoms with Crippen LogP contribution in [0.1, 0.15) is 37.4 Å². The third-order valence-corrected chi connectivity index (χ3v) is 7.34. The summed E-state index contributed by atoms with van der Waals surface area (Å²) in [6.07, 6.45) is 15.6. The lowest BCUT2D eigenvalue weighted by Gasteiger charge is -2.33. The molecule has 0 unspecified atom stereocenters. The zero-order chi connectivity index (χ0) is 22.6. The largest absolute Gasteiger partial charge is 0.359 e. The van der Waals surface area contributed by atoms with Gasteiger partial charge in [0.1, 0.15) is 12.6 Å². The Morgan fingerprint density at radius 1 is 1.06 bits per heavy atom. The van der Waals surface area contributed by atoms with Crippen LogP contribution >= 0.6 is 0 Å². The molecule has 0 spiro atoms. The highest BCUT2D eigenvalue weighted by Gasteiger charge is 2.45. The fourth-order valence-corrected chi connectivity index (χ4v) is 5.80. The van der Waals surface area contributed by atoms with Gasteiger partial charge >= 0.3 is 0 Å². The Balaban J connectivity index is 1.33. The summed E-state index contributed by atoms with van der Waals surface area (Å²) in [6.45, 7) is 0.379. The van der Waals surface area contributed by atoms with Crippen LogP contribution in [-0.4, -0.2) is 29.6 Å². The Labute approximate surface area is 195 Å². The van der Waals surface area contributed by atoms with Gasteiger partial charge in [-0.25, -0.2) is 4.39 Å². The van der Waals surface area contributed by atoms with Gasteiger partial charge in [-0.05, 0) is 79.5 Å². The second-order valence-electron chi connectivity index (χ2n) is 9.28. The van der Waals surface area contributed by atoms with E-state index in [9.17, 15) is 4.39 Å².